The summed E-state index contributed by atoms with van der Waals surface area (Å²) >= 11 is 8.09. The number of benzene rings is 2. The SMILES string of the molecule is COc1ccc(NC(=O)C2CC(CCSC)NC23C(=O)Nc2c(Cl)cccc23)cc1. The molecule has 2 aromatic rings. The number of nitrogens with one attached hydrogen (secondary N) is 3. The van der Waals surface area contributed by atoms with Crippen molar-refractivity contribution in [1.82, 2.24) is 5.32 Å². The second-order valence-electron chi connectivity index (χ2n) is 7.55. The fourth-order valence-electron chi connectivity index (χ4n) is 4.40. The smallest absolute Gasteiger partial charge is 0.250 e. The number of methoxy groups -OCH3 is 1. The predicted molar refractivity (Wildman–Crippen MR) is 121 cm³/mol. The van der Waals surface area contributed by atoms with E-state index >= 15 is 0 Å². The van der Waals surface area contributed by atoms with Crippen molar-refractivity contribution in [2.75, 3.05) is 29.8 Å². The molecule has 2 aliphatic rings. The monoisotopic (exact) mass is 445 g/mol. The Morgan fingerprint density at radius 1 is 1.30 bits per heavy atom. The maximum absolute atomic E-state index is 13.4. The number of anilines is 2. The summed E-state index contributed by atoms with van der Waals surface area (Å²) in [6.07, 6.45) is 3.50. The van der Waals surface area contributed by atoms with Crippen molar-refractivity contribution in [3.05, 3.63) is 53.1 Å². The molecule has 158 valence electrons. The minimum absolute atomic E-state index is 0.0553. The number of hydrogen-bond acceptors (Lipinski definition) is 5. The molecule has 8 heteroatoms. The quantitative estimate of drug-likeness (QED) is 0.629. The molecule has 2 heterocycles. The van der Waals surface area contributed by atoms with Gasteiger partial charge in [0, 0.05) is 17.3 Å². The summed E-state index contributed by atoms with van der Waals surface area (Å²) < 4.78 is 5.18. The summed E-state index contributed by atoms with van der Waals surface area (Å²) in [7, 11) is 1.59. The average Bonchev–Trinajstić information content (AvgIpc) is 3.27. The number of rotatable bonds is 6. The minimum Gasteiger partial charge on any atom is -0.497 e. The van der Waals surface area contributed by atoms with E-state index in [9.17, 15) is 9.59 Å². The largest absolute Gasteiger partial charge is 0.497 e. The van der Waals surface area contributed by atoms with Crippen LogP contribution in [0.4, 0.5) is 11.4 Å². The van der Waals surface area contributed by atoms with Crippen LogP contribution in [0.15, 0.2) is 42.5 Å². The zero-order chi connectivity index (χ0) is 21.3. The van der Waals surface area contributed by atoms with Crippen molar-refractivity contribution >= 4 is 46.6 Å². The topological polar surface area (TPSA) is 79.5 Å². The Balaban J connectivity index is 1.68. The maximum Gasteiger partial charge on any atom is 0.250 e. The molecule has 4 rings (SSSR count). The lowest BCUT2D eigenvalue weighted by Crippen LogP contribution is -2.52. The molecule has 0 bridgehead atoms. The number of amides is 2. The van der Waals surface area contributed by atoms with Crippen LogP contribution in [0.5, 0.6) is 5.75 Å². The van der Waals surface area contributed by atoms with Gasteiger partial charge in [0.2, 0.25) is 11.8 Å². The second-order valence-corrected chi connectivity index (χ2v) is 8.95. The first kappa shape index (κ1) is 21.0. The molecule has 1 fully saturated rings. The van der Waals surface area contributed by atoms with Gasteiger partial charge in [-0.25, -0.2) is 0 Å². The molecule has 2 amide bonds. The number of carbonyl (C=O) groups is 2. The van der Waals surface area contributed by atoms with E-state index in [-0.39, 0.29) is 17.9 Å². The van der Waals surface area contributed by atoms with Gasteiger partial charge in [-0.3, -0.25) is 14.9 Å². The number of para-hydroxylation sites is 1. The van der Waals surface area contributed by atoms with Gasteiger partial charge in [0.25, 0.3) is 0 Å². The van der Waals surface area contributed by atoms with E-state index in [4.69, 9.17) is 16.3 Å². The first-order chi connectivity index (χ1) is 14.5. The normalized spacial score (nSPS) is 24.6. The summed E-state index contributed by atoms with van der Waals surface area (Å²) in [5, 5.41) is 9.86. The zero-order valence-electron chi connectivity index (χ0n) is 16.8. The molecular weight excluding hydrogens is 422 g/mol. The first-order valence-electron chi connectivity index (χ1n) is 9.81. The number of fused-ring (bicyclic) bond motifs is 2. The van der Waals surface area contributed by atoms with Crippen LogP contribution in [0.25, 0.3) is 0 Å². The lowest BCUT2D eigenvalue weighted by Gasteiger charge is -2.29. The Bertz CT molecular complexity index is 969. The third kappa shape index (κ3) is 3.55. The third-order valence-electron chi connectivity index (χ3n) is 5.85. The van der Waals surface area contributed by atoms with Gasteiger partial charge in [-0.2, -0.15) is 11.8 Å². The Labute approximate surface area is 185 Å². The number of thioether (sulfide) groups is 1. The molecule has 2 aromatic carbocycles. The molecular formula is C22H24ClN3O3S. The fraction of sp³-hybridized carbons (Fsp3) is 0.364. The number of carbonyl (C=O) groups excluding carboxylic acids is 2. The van der Waals surface area contributed by atoms with E-state index in [1.165, 1.54) is 0 Å². The molecule has 6 nitrogen and oxygen atoms in total. The van der Waals surface area contributed by atoms with Gasteiger partial charge in [0.05, 0.1) is 23.7 Å². The van der Waals surface area contributed by atoms with Crippen LogP contribution in [-0.2, 0) is 15.1 Å². The lowest BCUT2D eigenvalue weighted by atomic mass is 9.79. The first-order valence-corrected chi connectivity index (χ1v) is 11.6. The van der Waals surface area contributed by atoms with Gasteiger partial charge in [0.15, 0.2) is 0 Å². The molecule has 0 aliphatic carbocycles. The van der Waals surface area contributed by atoms with E-state index in [2.05, 4.69) is 22.2 Å². The molecule has 1 saturated heterocycles. The summed E-state index contributed by atoms with van der Waals surface area (Å²) in [4.78, 5) is 26.6. The van der Waals surface area contributed by atoms with Crippen LogP contribution in [0.3, 0.4) is 0 Å². The van der Waals surface area contributed by atoms with Crippen LogP contribution in [0.1, 0.15) is 18.4 Å². The molecule has 1 spiro atoms. The van der Waals surface area contributed by atoms with Crippen LogP contribution in [-0.4, -0.2) is 37.0 Å². The number of halogens is 1. The predicted octanol–water partition coefficient (Wildman–Crippen LogP) is 3.87. The van der Waals surface area contributed by atoms with Gasteiger partial charge in [0.1, 0.15) is 11.3 Å². The Kier molecular flexibility index (Phi) is 5.95. The van der Waals surface area contributed by atoms with Gasteiger partial charge >= 0.3 is 0 Å². The highest BCUT2D eigenvalue weighted by molar-refractivity contribution is 7.98. The standard InChI is InChI=1S/C22H24ClN3O3S/c1-29-15-8-6-13(7-9-15)24-20(27)17-12-14(10-11-30-2)26-22(17)16-4-3-5-18(23)19(16)25-21(22)28/h3-9,14,17,26H,10-12H2,1-2H3,(H,24,27)(H,25,28). The second kappa shape index (κ2) is 8.49. The number of hydrogen-bond donors (Lipinski definition) is 3. The molecule has 0 aromatic heterocycles. The van der Waals surface area contributed by atoms with Gasteiger partial charge in [-0.05, 0) is 55.2 Å². The maximum atomic E-state index is 13.4. The molecule has 30 heavy (non-hydrogen) atoms. The average molecular weight is 446 g/mol. The van der Waals surface area contributed by atoms with Crippen molar-refractivity contribution in [2.45, 2.75) is 24.4 Å². The molecule has 3 N–H and O–H groups in total. The van der Waals surface area contributed by atoms with E-state index < -0.39 is 11.5 Å². The van der Waals surface area contributed by atoms with Crippen molar-refractivity contribution in [3.8, 4) is 5.75 Å². The van der Waals surface area contributed by atoms with E-state index in [0.717, 1.165) is 17.7 Å². The van der Waals surface area contributed by atoms with Crippen LogP contribution in [0, 0.1) is 5.92 Å². The van der Waals surface area contributed by atoms with Gasteiger partial charge in [-0.15, -0.1) is 0 Å². The third-order valence-corrected chi connectivity index (χ3v) is 6.81. The van der Waals surface area contributed by atoms with Crippen LogP contribution >= 0.6 is 23.4 Å². The Hall–Kier alpha value is -2.22. The molecule has 3 unspecified atom stereocenters. The molecule has 3 atom stereocenters. The van der Waals surface area contributed by atoms with Crippen LogP contribution in [0.2, 0.25) is 5.02 Å². The van der Waals surface area contributed by atoms with E-state index in [0.29, 0.717) is 28.6 Å². The van der Waals surface area contributed by atoms with Gasteiger partial charge in [-0.1, -0.05) is 23.7 Å². The van der Waals surface area contributed by atoms with E-state index in [1.807, 2.05) is 12.1 Å². The lowest BCUT2D eigenvalue weighted by molar-refractivity contribution is -0.130. The highest BCUT2D eigenvalue weighted by Gasteiger charge is 2.60. The number of ether oxygens (including phenoxy) is 1. The minimum atomic E-state index is -1.13. The van der Waals surface area contributed by atoms with Crippen molar-refractivity contribution in [2.24, 2.45) is 5.92 Å². The van der Waals surface area contributed by atoms with Crippen LogP contribution < -0.4 is 20.7 Å². The Morgan fingerprint density at radius 2 is 2.07 bits per heavy atom. The summed E-state index contributed by atoms with van der Waals surface area (Å²) in [6, 6.07) is 12.6. The highest BCUT2D eigenvalue weighted by atomic mass is 35.5. The summed E-state index contributed by atoms with van der Waals surface area (Å²) in [6.45, 7) is 0. The molecule has 2 aliphatic heterocycles. The zero-order valence-corrected chi connectivity index (χ0v) is 18.4. The van der Waals surface area contributed by atoms with Crippen molar-refractivity contribution in [1.29, 1.82) is 0 Å². The molecule has 0 saturated carbocycles. The van der Waals surface area contributed by atoms with Crippen molar-refractivity contribution < 1.29 is 14.3 Å². The van der Waals surface area contributed by atoms with Crippen molar-refractivity contribution in [3.63, 3.8) is 0 Å². The van der Waals surface area contributed by atoms with E-state index in [1.54, 1.807) is 49.2 Å². The highest BCUT2D eigenvalue weighted by Crippen LogP contribution is 2.49. The summed E-state index contributed by atoms with van der Waals surface area (Å²) in [5.74, 6) is 0.674. The summed E-state index contributed by atoms with van der Waals surface area (Å²) in [5.41, 5.74) is 0.860. The Morgan fingerprint density at radius 3 is 2.77 bits per heavy atom. The van der Waals surface area contributed by atoms with Gasteiger partial charge < -0.3 is 15.4 Å². The fourth-order valence-corrected chi connectivity index (χ4v) is 5.15. The molecule has 0 radical (unpaired) electrons.